The van der Waals surface area contributed by atoms with Crippen LogP contribution in [0.15, 0.2) is 71.6 Å². The van der Waals surface area contributed by atoms with Crippen LogP contribution in [0.5, 0.6) is 0 Å². The molecule has 39 heavy (non-hydrogen) atoms. The molecule has 2 N–H and O–H groups in total. The topological polar surface area (TPSA) is 116 Å². The first-order valence-corrected chi connectivity index (χ1v) is 14.0. The van der Waals surface area contributed by atoms with Crippen LogP contribution >= 0.6 is 11.6 Å². The van der Waals surface area contributed by atoms with Crippen molar-refractivity contribution >= 4 is 54.8 Å². The van der Waals surface area contributed by atoms with Crippen molar-refractivity contribution in [2.24, 2.45) is 0 Å². The van der Waals surface area contributed by atoms with Crippen LogP contribution in [-0.2, 0) is 31.2 Å². The molecule has 0 aromatic heterocycles. The SMILES string of the molecule is CN(C)S(=O)(=O)N(CC(=O)Nc1ccc(S(=O)(=O)Nc2ccc(Cl)c(C(F)(F)F)c2)cc1)c1ccccc1F. The molecule has 0 heterocycles. The molecule has 0 aliphatic carbocycles. The quantitative estimate of drug-likeness (QED) is 0.346. The average Bonchev–Trinajstić information content (AvgIpc) is 2.83. The van der Waals surface area contributed by atoms with Gasteiger partial charge in [-0.3, -0.25) is 9.52 Å². The Morgan fingerprint density at radius 1 is 0.923 bits per heavy atom. The second-order valence-corrected chi connectivity index (χ2v) is 12.3. The van der Waals surface area contributed by atoms with Gasteiger partial charge in [0.15, 0.2) is 0 Å². The first-order valence-electron chi connectivity index (χ1n) is 10.8. The summed E-state index contributed by atoms with van der Waals surface area (Å²) in [6, 6.07) is 12.0. The number of carbonyl (C=O) groups is 1. The number of para-hydroxylation sites is 1. The van der Waals surface area contributed by atoms with Gasteiger partial charge in [-0.1, -0.05) is 23.7 Å². The number of sulfonamides is 1. The normalized spacial score (nSPS) is 12.3. The summed E-state index contributed by atoms with van der Waals surface area (Å²) in [5, 5.41) is 1.79. The number of amides is 1. The standard InChI is InChI=1S/C23H21ClF4N4O5S2/c1-31(2)39(36,37)32(21-6-4-3-5-20(21)25)14-22(33)29-15-7-10-17(11-8-15)38(34,35)30-16-9-12-19(24)18(13-16)23(26,27)28/h3-13,30H,14H2,1-2H3,(H,29,33). The molecule has 0 saturated heterocycles. The van der Waals surface area contributed by atoms with E-state index in [4.69, 9.17) is 11.6 Å². The molecule has 0 fully saturated rings. The largest absolute Gasteiger partial charge is 0.417 e. The molecule has 0 aliphatic rings. The van der Waals surface area contributed by atoms with Gasteiger partial charge in [0.05, 0.1) is 21.2 Å². The fourth-order valence-electron chi connectivity index (χ4n) is 3.21. The van der Waals surface area contributed by atoms with Crippen molar-refractivity contribution in [3.8, 4) is 0 Å². The number of alkyl halides is 3. The fourth-order valence-corrected chi connectivity index (χ4v) is 5.56. The van der Waals surface area contributed by atoms with Crippen LogP contribution in [0.2, 0.25) is 5.02 Å². The minimum Gasteiger partial charge on any atom is -0.325 e. The van der Waals surface area contributed by atoms with Gasteiger partial charge < -0.3 is 5.32 Å². The summed E-state index contributed by atoms with van der Waals surface area (Å²) in [6.07, 6.45) is -4.80. The van der Waals surface area contributed by atoms with Crippen molar-refractivity contribution in [2.75, 3.05) is 35.0 Å². The van der Waals surface area contributed by atoms with Gasteiger partial charge in [-0.05, 0) is 54.6 Å². The lowest BCUT2D eigenvalue weighted by Crippen LogP contribution is -2.44. The Morgan fingerprint density at radius 3 is 2.08 bits per heavy atom. The molecule has 16 heteroatoms. The zero-order valence-electron chi connectivity index (χ0n) is 20.2. The lowest BCUT2D eigenvalue weighted by atomic mass is 10.2. The molecule has 0 aliphatic heterocycles. The Labute approximate surface area is 227 Å². The van der Waals surface area contributed by atoms with Crippen molar-refractivity contribution in [1.82, 2.24) is 4.31 Å². The number of hydrogen-bond donors (Lipinski definition) is 2. The van der Waals surface area contributed by atoms with Gasteiger partial charge in [0.25, 0.3) is 10.0 Å². The lowest BCUT2D eigenvalue weighted by Gasteiger charge is -2.27. The maximum absolute atomic E-state index is 14.3. The molecule has 0 radical (unpaired) electrons. The van der Waals surface area contributed by atoms with Gasteiger partial charge in [-0.25, -0.2) is 17.1 Å². The Hall–Kier alpha value is -3.40. The van der Waals surface area contributed by atoms with Gasteiger partial charge in [0.1, 0.15) is 12.4 Å². The van der Waals surface area contributed by atoms with Crippen molar-refractivity contribution in [1.29, 1.82) is 0 Å². The maximum atomic E-state index is 14.3. The highest BCUT2D eigenvalue weighted by Crippen LogP contribution is 2.36. The van der Waals surface area contributed by atoms with Crippen LogP contribution in [0.25, 0.3) is 0 Å². The predicted octanol–water partition coefficient (Wildman–Crippen LogP) is 4.55. The van der Waals surface area contributed by atoms with Crippen molar-refractivity contribution in [3.63, 3.8) is 0 Å². The number of nitrogens with one attached hydrogen (secondary N) is 2. The summed E-state index contributed by atoms with van der Waals surface area (Å²) in [5.41, 5.74) is -1.88. The average molecular weight is 609 g/mol. The summed E-state index contributed by atoms with van der Waals surface area (Å²) in [6.45, 7) is -0.804. The van der Waals surface area contributed by atoms with Crippen LogP contribution in [0.1, 0.15) is 5.56 Å². The minimum absolute atomic E-state index is 0.0699. The van der Waals surface area contributed by atoms with E-state index in [-0.39, 0.29) is 22.0 Å². The summed E-state index contributed by atoms with van der Waals surface area (Å²) in [5.74, 6) is -1.74. The zero-order chi connectivity index (χ0) is 29.2. The molecule has 0 bridgehead atoms. The van der Waals surface area contributed by atoms with Gasteiger partial charge in [0, 0.05) is 25.5 Å². The van der Waals surface area contributed by atoms with E-state index in [2.05, 4.69) is 5.32 Å². The summed E-state index contributed by atoms with van der Waals surface area (Å²) in [4.78, 5) is 12.3. The van der Waals surface area contributed by atoms with Crippen LogP contribution < -0.4 is 14.3 Å². The molecule has 1 amide bonds. The molecule has 0 spiro atoms. The molecule has 0 unspecified atom stereocenters. The molecule has 3 aromatic rings. The lowest BCUT2D eigenvalue weighted by molar-refractivity contribution is -0.137. The fraction of sp³-hybridized carbons (Fsp3) is 0.174. The summed E-state index contributed by atoms with van der Waals surface area (Å²) >= 11 is 5.55. The van der Waals surface area contributed by atoms with Gasteiger partial charge in [0.2, 0.25) is 5.91 Å². The van der Waals surface area contributed by atoms with E-state index in [1.54, 1.807) is 0 Å². The smallest absolute Gasteiger partial charge is 0.325 e. The van der Waals surface area contributed by atoms with E-state index in [9.17, 15) is 39.2 Å². The second-order valence-electron chi connectivity index (χ2n) is 8.12. The number of halogens is 5. The number of carbonyl (C=O) groups excluding carboxylic acids is 1. The van der Waals surface area contributed by atoms with Crippen LogP contribution in [-0.4, -0.2) is 47.7 Å². The zero-order valence-corrected chi connectivity index (χ0v) is 22.6. The van der Waals surface area contributed by atoms with E-state index < -0.39 is 55.3 Å². The first-order chi connectivity index (χ1) is 18.0. The molecular formula is C23H21ClF4N4O5S2. The minimum atomic E-state index is -4.80. The highest BCUT2D eigenvalue weighted by Gasteiger charge is 2.34. The number of anilines is 3. The predicted molar refractivity (Wildman–Crippen MR) is 139 cm³/mol. The van der Waals surface area contributed by atoms with Crippen LogP contribution in [0, 0.1) is 5.82 Å². The monoisotopic (exact) mass is 608 g/mol. The summed E-state index contributed by atoms with van der Waals surface area (Å²) < 4.78 is 108. The van der Waals surface area contributed by atoms with Crippen molar-refractivity contribution in [2.45, 2.75) is 11.1 Å². The second kappa shape index (κ2) is 11.4. The molecule has 210 valence electrons. The van der Waals surface area contributed by atoms with Gasteiger partial charge in [-0.15, -0.1) is 0 Å². The van der Waals surface area contributed by atoms with E-state index in [1.807, 2.05) is 4.72 Å². The van der Waals surface area contributed by atoms with E-state index in [0.717, 1.165) is 34.6 Å². The Bertz CT molecular complexity index is 1580. The molecule has 3 rings (SSSR count). The Morgan fingerprint density at radius 2 is 1.51 bits per heavy atom. The summed E-state index contributed by atoms with van der Waals surface area (Å²) in [7, 11) is -6.18. The molecule has 3 aromatic carbocycles. The third kappa shape index (κ3) is 7.17. The third-order valence-corrected chi connectivity index (χ3v) is 8.65. The highest BCUT2D eigenvalue weighted by molar-refractivity contribution is 7.92. The highest BCUT2D eigenvalue weighted by atomic mass is 35.5. The first kappa shape index (κ1) is 30.1. The Balaban J connectivity index is 1.77. The van der Waals surface area contributed by atoms with E-state index in [0.29, 0.717) is 10.4 Å². The van der Waals surface area contributed by atoms with Gasteiger partial charge >= 0.3 is 16.4 Å². The van der Waals surface area contributed by atoms with E-state index in [1.165, 1.54) is 44.4 Å². The third-order valence-electron chi connectivity index (χ3n) is 5.12. The van der Waals surface area contributed by atoms with Crippen molar-refractivity contribution in [3.05, 3.63) is 83.1 Å². The molecule has 0 atom stereocenters. The molecule has 0 saturated carbocycles. The number of nitrogens with zero attached hydrogens (tertiary/aromatic N) is 2. The molecule has 9 nitrogen and oxygen atoms in total. The molecular weight excluding hydrogens is 588 g/mol. The van der Waals surface area contributed by atoms with Gasteiger partial charge in [-0.2, -0.15) is 25.9 Å². The number of hydrogen-bond acceptors (Lipinski definition) is 5. The van der Waals surface area contributed by atoms with Crippen LogP contribution in [0.3, 0.4) is 0 Å². The maximum Gasteiger partial charge on any atom is 0.417 e. The number of benzene rings is 3. The van der Waals surface area contributed by atoms with Crippen LogP contribution in [0.4, 0.5) is 34.6 Å². The number of rotatable bonds is 9. The Kier molecular flexibility index (Phi) is 8.79. The van der Waals surface area contributed by atoms with Crippen molar-refractivity contribution < 1.29 is 39.2 Å². The van der Waals surface area contributed by atoms with E-state index >= 15 is 0 Å².